The number of pyridine rings is 1. The Balaban J connectivity index is 1.79. The molecule has 0 aliphatic carbocycles. The van der Waals surface area contributed by atoms with Crippen LogP contribution in [0.1, 0.15) is 28.5 Å². The summed E-state index contributed by atoms with van der Waals surface area (Å²) in [5.74, 6) is 0.717. The van der Waals surface area contributed by atoms with Crippen LogP contribution in [-0.4, -0.2) is 29.1 Å². The van der Waals surface area contributed by atoms with Gasteiger partial charge in [-0.05, 0) is 41.5 Å². The Morgan fingerprint density at radius 2 is 2.00 bits per heavy atom. The Bertz CT molecular complexity index is 980. The maximum Gasteiger partial charge on any atom is 0.119 e. The van der Waals surface area contributed by atoms with Crippen molar-refractivity contribution in [2.45, 2.75) is 12.5 Å². The second-order valence-electron chi connectivity index (χ2n) is 5.86. The fourth-order valence-electron chi connectivity index (χ4n) is 2.90. The summed E-state index contributed by atoms with van der Waals surface area (Å²) in [4.78, 5) is 6.10. The summed E-state index contributed by atoms with van der Waals surface area (Å²) in [6.07, 6.45) is 5.22. The SMILES string of the molecule is COc1cccc(C(O)c2cc(-c3ccncc3)sc2C2=NN=CC2)c1. The minimum absolute atomic E-state index is 0.675. The summed E-state index contributed by atoms with van der Waals surface area (Å²) in [7, 11) is 1.62. The molecule has 1 unspecified atom stereocenters. The van der Waals surface area contributed by atoms with Gasteiger partial charge in [0.25, 0.3) is 0 Å². The van der Waals surface area contributed by atoms with Crippen LogP contribution < -0.4 is 4.74 Å². The first-order chi connectivity index (χ1) is 12.8. The highest BCUT2D eigenvalue weighted by atomic mass is 32.1. The zero-order valence-corrected chi connectivity index (χ0v) is 15.0. The van der Waals surface area contributed by atoms with Crippen LogP contribution in [-0.2, 0) is 0 Å². The molecule has 0 bridgehead atoms. The lowest BCUT2D eigenvalue weighted by Gasteiger charge is -2.13. The van der Waals surface area contributed by atoms with Gasteiger partial charge in [-0.1, -0.05) is 12.1 Å². The zero-order chi connectivity index (χ0) is 17.9. The largest absolute Gasteiger partial charge is 0.497 e. The molecule has 130 valence electrons. The number of aliphatic hydroxyl groups is 1. The molecule has 1 aromatic carbocycles. The molecule has 0 spiro atoms. The van der Waals surface area contributed by atoms with E-state index >= 15 is 0 Å². The van der Waals surface area contributed by atoms with Crippen LogP contribution in [0.15, 0.2) is 65.1 Å². The molecular weight excluding hydrogens is 346 g/mol. The van der Waals surface area contributed by atoms with Gasteiger partial charge in [0.15, 0.2) is 0 Å². The van der Waals surface area contributed by atoms with E-state index in [0.29, 0.717) is 12.2 Å². The van der Waals surface area contributed by atoms with Gasteiger partial charge < -0.3 is 9.84 Å². The maximum atomic E-state index is 11.1. The van der Waals surface area contributed by atoms with Crippen LogP contribution in [0, 0.1) is 0 Å². The van der Waals surface area contributed by atoms with Crippen LogP contribution in [0.4, 0.5) is 0 Å². The van der Waals surface area contributed by atoms with Gasteiger partial charge in [0.05, 0.1) is 17.7 Å². The van der Waals surface area contributed by atoms with Crippen LogP contribution in [0.5, 0.6) is 5.75 Å². The maximum absolute atomic E-state index is 11.1. The summed E-state index contributed by atoms with van der Waals surface area (Å²) in [5.41, 5.74) is 3.56. The number of nitrogens with zero attached hydrogens (tertiary/aromatic N) is 3. The van der Waals surface area contributed by atoms with Gasteiger partial charge >= 0.3 is 0 Å². The molecule has 1 N–H and O–H groups in total. The van der Waals surface area contributed by atoms with Crippen molar-refractivity contribution in [3.63, 3.8) is 0 Å². The summed E-state index contributed by atoms with van der Waals surface area (Å²) in [6, 6.07) is 13.4. The van der Waals surface area contributed by atoms with Gasteiger partial charge in [0.2, 0.25) is 0 Å². The molecule has 26 heavy (non-hydrogen) atoms. The number of thiophene rings is 1. The molecule has 6 heteroatoms. The highest BCUT2D eigenvalue weighted by Crippen LogP contribution is 2.38. The lowest BCUT2D eigenvalue weighted by Crippen LogP contribution is -2.05. The smallest absolute Gasteiger partial charge is 0.119 e. The minimum atomic E-state index is -0.768. The summed E-state index contributed by atoms with van der Waals surface area (Å²) in [5, 5.41) is 19.3. The molecule has 1 aliphatic heterocycles. The molecule has 0 saturated heterocycles. The number of hydrogen-bond acceptors (Lipinski definition) is 6. The molecule has 0 saturated carbocycles. The van der Waals surface area contributed by atoms with Crippen molar-refractivity contribution in [1.29, 1.82) is 0 Å². The van der Waals surface area contributed by atoms with Crippen molar-refractivity contribution in [3.05, 3.63) is 70.9 Å². The molecule has 5 nitrogen and oxygen atoms in total. The van der Waals surface area contributed by atoms with Crippen LogP contribution >= 0.6 is 11.3 Å². The van der Waals surface area contributed by atoms with Gasteiger partial charge in [-0.15, -0.1) is 11.3 Å². The molecule has 0 fully saturated rings. The number of methoxy groups -OCH3 is 1. The Morgan fingerprint density at radius 3 is 2.73 bits per heavy atom. The van der Waals surface area contributed by atoms with E-state index in [1.165, 1.54) is 0 Å². The van der Waals surface area contributed by atoms with Gasteiger partial charge in [-0.3, -0.25) is 4.98 Å². The predicted molar refractivity (Wildman–Crippen MR) is 104 cm³/mol. The number of rotatable bonds is 5. The average molecular weight is 363 g/mol. The Hall–Kier alpha value is -2.83. The number of benzene rings is 1. The van der Waals surface area contributed by atoms with Crippen LogP contribution in [0.3, 0.4) is 0 Å². The lowest BCUT2D eigenvalue weighted by atomic mass is 9.99. The van der Waals surface area contributed by atoms with E-state index in [-0.39, 0.29) is 0 Å². The molecule has 4 rings (SSSR count). The zero-order valence-electron chi connectivity index (χ0n) is 14.2. The summed E-state index contributed by atoms with van der Waals surface area (Å²) >= 11 is 1.61. The molecule has 1 aliphatic rings. The second-order valence-corrected chi connectivity index (χ2v) is 6.91. The van der Waals surface area contributed by atoms with E-state index in [9.17, 15) is 5.11 Å². The van der Waals surface area contributed by atoms with E-state index in [1.54, 1.807) is 37.1 Å². The van der Waals surface area contributed by atoms with Crippen molar-refractivity contribution in [1.82, 2.24) is 4.98 Å². The Morgan fingerprint density at radius 1 is 1.15 bits per heavy atom. The summed E-state index contributed by atoms with van der Waals surface area (Å²) < 4.78 is 5.29. The third-order valence-electron chi connectivity index (χ3n) is 4.24. The van der Waals surface area contributed by atoms with E-state index in [0.717, 1.165) is 32.2 Å². The lowest BCUT2D eigenvalue weighted by molar-refractivity contribution is 0.220. The number of ether oxygens (including phenoxy) is 1. The molecule has 0 amide bonds. The highest BCUT2D eigenvalue weighted by Gasteiger charge is 2.23. The first kappa shape index (κ1) is 16.6. The fourth-order valence-corrected chi connectivity index (χ4v) is 4.09. The van der Waals surface area contributed by atoms with E-state index in [2.05, 4.69) is 15.2 Å². The average Bonchev–Trinajstić information content (AvgIpc) is 3.38. The molecular formula is C20H17N3O2S. The first-order valence-corrected chi connectivity index (χ1v) is 9.03. The number of hydrogen-bond donors (Lipinski definition) is 1. The molecule has 2 aromatic heterocycles. The molecule has 3 heterocycles. The van der Waals surface area contributed by atoms with Crippen LogP contribution in [0.2, 0.25) is 0 Å². The summed E-state index contributed by atoms with van der Waals surface area (Å²) in [6.45, 7) is 0. The van der Waals surface area contributed by atoms with Crippen molar-refractivity contribution < 1.29 is 9.84 Å². The van der Waals surface area contributed by atoms with E-state index in [1.807, 2.05) is 42.5 Å². The van der Waals surface area contributed by atoms with Gasteiger partial charge in [-0.25, -0.2) is 0 Å². The minimum Gasteiger partial charge on any atom is -0.497 e. The monoisotopic (exact) mass is 363 g/mol. The Labute approximate surface area is 155 Å². The van der Waals surface area contributed by atoms with Crippen molar-refractivity contribution >= 4 is 23.3 Å². The third kappa shape index (κ3) is 3.16. The Kier molecular flexibility index (Phi) is 4.60. The van der Waals surface area contributed by atoms with E-state index in [4.69, 9.17) is 4.74 Å². The van der Waals surface area contributed by atoms with Crippen molar-refractivity contribution in [3.8, 4) is 16.2 Å². The normalized spacial score (nSPS) is 14.3. The van der Waals surface area contributed by atoms with Gasteiger partial charge in [0, 0.05) is 35.5 Å². The third-order valence-corrected chi connectivity index (χ3v) is 5.49. The quantitative estimate of drug-likeness (QED) is 0.743. The van der Waals surface area contributed by atoms with Gasteiger partial charge in [0.1, 0.15) is 11.9 Å². The molecule has 1 atom stereocenters. The predicted octanol–water partition coefficient (Wildman–Crippen LogP) is 4.08. The van der Waals surface area contributed by atoms with Crippen molar-refractivity contribution in [2.24, 2.45) is 10.2 Å². The van der Waals surface area contributed by atoms with Crippen LogP contribution in [0.25, 0.3) is 10.4 Å². The molecule has 3 aromatic rings. The topological polar surface area (TPSA) is 67.1 Å². The van der Waals surface area contributed by atoms with Crippen molar-refractivity contribution in [2.75, 3.05) is 7.11 Å². The fraction of sp³-hybridized carbons (Fsp3) is 0.150. The standard InChI is InChI=1S/C20H17N3O2S/c1-25-15-4-2-3-14(11-15)19(24)16-12-18(13-5-8-21-9-6-13)26-20(16)17-7-10-22-23-17/h2-6,8-12,19,24H,7H2,1H3. The van der Waals surface area contributed by atoms with E-state index < -0.39 is 6.10 Å². The number of aromatic nitrogens is 1. The van der Waals surface area contributed by atoms with Gasteiger partial charge in [-0.2, -0.15) is 10.2 Å². The molecule has 0 radical (unpaired) electrons. The first-order valence-electron chi connectivity index (χ1n) is 8.21. The second kappa shape index (κ2) is 7.19. The number of aliphatic hydroxyl groups excluding tert-OH is 1. The highest BCUT2D eigenvalue weighted by molar-refractivity contribution is 7.17.